The van der Waals surface area contributed by atoms with Crippen LogP contribution in [0.2, 0.25) is 0 Å². The van der Waals surface area contributed by atoms with E-state index in [4.69, 9.17) is 0 Å². The van der Waals surface area contributed by atoms with Crippen molar-refractivity contribution in [3.8, 4) is 0 Å². The fraction of sp³-hybridized carbons (Fsp3) is 0.636. The van der Waals surface area contributed by atoms with E-state index >= 15 is 0 Å². The first-order chi connectivity index (χ1) is 12.7. The highest BCUT2D eigenvalue weighted by atomic mass is 16.2. The van der Waals surface area contributed by atoms with Gasteiger partial charge >= 0.3 is 0 Å². The lowest BCUT2D eigenvalue weighted by atomic mass is 10.0. The highest BCUT2D eigenvalue weighted by Gasteiger charge is 2.15. The third-order valence-electron chi connectivity index (χ3n) is 5.67. The van der Waals surface area contributed by atoms with Crippen LogP contribution in [-0.4, -0.2) is 42.8 Å². The van der Waals surface area contributed by atoms with Crippen molar-refractivity contribution in [1.82, 2.24) is 10.2 Å². The lowest BCUT2D eigenvalue weighted by Gasteiger charge is -2.19. The molecule has 1 aliphatic heterocycles. The Morgan fingerprint density at radius 3 is 2.50 bits per heavy atom. The van der Waals surface area contributed by atoms with Crippen LogP contribution in [0.5, 0.6) is 0 Å². The van der Waals surface area contributed by atoms with Crippen molar-refractivity contribution >= 4 is 11.7 Å². The van der Waals surface area contributed by atoms with Gasteiger partial charge in [-0.05, 0) is 75.4 Å². The fourth-order valence-corrected chi connectivity index (χ4v) is 4.10. The molecule has 1 amide bonds. The van der Waals surface area contributed by atoms with Crippen molar-refractivity contribution in [2.75, 3.05) is 26.2 Å². The molecule has 26 heavy (non-hydrogen) atoms. The summed E-state index contributed by atoms with van der Waals surface area (Å²) in [7, 11) is 0. The Hall–Kier alpha value is -1.68. The number of amides is 1. The number of fused-ring (bicyclic) bond motifs is 1. The summed E-state index contributed by atoms with van der Waals surface area (Å²) in [4.78, 5) is 26.8. The summed E-state index contributed by atoms with van der Waals surface area (Å²) in [5.41, 5.74) is 3.46. The number of hydrogen-bond acceptors (Lipinski definition) is 3. The van der Waals surface area contributed by atoms with Gasteiger partial charge in [-0.2, -0.15) is 0 Å². The van der Waals surface area contributed by atoms with Gasteiger partial charge in [0, 0.05) is 24.9 Å². The Kier molecular flexibility index (Phi) is 7.24. The Morgan fingerprint density at radius 2 is 1.69 bits per heavy atom. The van der Waals surface area contributed by atoms with Gasteiger partial charge in [-0.1, -0.05) is 25.0 Å². The Morgan fingerprint density at radius 1 is 0.923 bits per heavy atom. The van der Waals surface area contributed by atoms with Gasteiger partial charge in [0.15, 0.2) is 5.78 Å². The molecule has 0 aromatic heterocycles. The van der Waals surface area contributed by atoms with Gasteiger partial charge in [0.25, 0.3) is 0 Å². The molecular formula is C22H32N2O2. The predicted molar refractivity (Wildman–Crippen MR) is 105 cm³/mol. The Bertz CT molecular complexity index is 619. The van der Waals surface area contributed by atoms with E-state index in [-0.39, 0.29) is 11.7 Å². The van der Waals surface area contributed by atoms with Crippen molar-refractivity contribution in [1.29, 1.82) is 0 Å². The number of carbonyl (C=O) groups excluding carboxylic acids is 2. The zero-order valence-electron chi connectivity index (χ0n) is 15.9. The van der Waals surface area contributed by atoms with Crippen LogP contribution in [0.3, 0.4) is 0 Å². The average Bonchev–Trinajstić information content (AvgIpc) is 2.97. The number of ketones is 1. The molecule has 0 radical (unpaired) electrons. The lowest BCUT2D eigenvalue weighted by Crippen LogP contribution is -2.30. The van der Waals surface area contributed by atoms with E-state index in [9.17, 15) is 9.59 Å². The van der Waals surface area contributed by atoms with Crippen molar-refractivity contribution in [2.45, 2.75) is 64.2 Å². The second-order valence-electron chi connectivity index (χ2n) is 7.72. The van der Waals surface area contributed by atoms with Crippen LogP contribution >= 0.6 is 0 Å². The molecule has 0 spiro atoms. The molecule has 1 heterocycles. The van der Waals surface area contributed by atoms with E-state index in [1.54, 1.807) is 0 Å². The van der Waals surface area contributed by atoms with Gasteiger partial charge in [-0.15, -0.1) is 0 Å². The second kappa shape index (κ2) is 9.86. The van der Waals surface area contributed by atoms with Crippen LogP contribution in [0.1, 0.15) is 72.9 Å². The van der Waals surface area contributed by atoms with Crippen LogP contribution < -0.4 is 5.32 Å². The molecule has 1 saturated heterocycles. The van der Waals surface area contributed by atoms with Gasteiger partial charge in [0.1, 0.15) is 0 Å². The molecule has 4 heteroatoms. The van der Waals surface area contributed by atoms with Crippen LogP contribution in [0.25, 0.3) is 0 Å². The summed E-state index contributed by atoms with van der Waals surface area (Å²) >= 11 is 0. The van der Waals surface area contributed by atoms with Gasteiger partial charge in [0.2, 0.25) is 5.91 Å². The molecule has 0 atom stereocenters. The normalized spacial score (nSPS) is 17.5. The van der Waals surface area contributed by atoms with Gasteiger partial charge in [0.05, 0.1) is 0 Å². The first-order valence-electron chi connectivity index (χ1n) is 10.4. The van der Waals surface area contributed by atoms with Crippen LogP contribution in [0.4, 0.5) is 0 Å². The maximum Gasteiger partial charge on any atom is 0.220 e. The summed E-state index contributed by atoms with van der Waals surface area (Å²) in [6.45, 7) is 4.17. The SMILES string of the molecule is O=C(CCC(=O)c1ccc2c(c1)CCC2)NCCCN1CCCCCC1. The van der Waals surface area contributed by atoms with Crippen molar-refractivity contribution in [2.24, 2.45) is 0 Å². The van der Waals surface area contributed by atoms with Crippen LogP contribution in [0, 0.1) is 0 Å². The number of likely N-dealkylation sites (tertiary alicyclic amines) is 1. The van der Waals surface area contributed by atoms with Crippen molar-refractivity contribution in [3.63, 3.8) is 0 Å². The molecule has 0 saturated carbocycles. The standard InChI is InChI=1S/C22H32N2O2/c25-21(20-10-9-18-7-5-8-19(18)17-20)11-12-22(26)23-13-6-16-24-14-3-1-2-4-15-24/h9-10,17H,1-8,11-16H2,(H,23,26). The summed E-state index contributed by atoms with van der Waals surface area (Å²) < 4.78 is 0. The van der Waals surface area contributed by atoms with E-state index < -0.39 is 0 Å². The molecule has 142 valence electrons. The zero-order chi connectivity index (χ0) is 18.2. The molecule has 1 N–H and O–H groups in total. The molecular weight excluding hydrogens is 324 g/mol. The maximum atomic E-state index is 12.3. The maximum absolute atomic E-state index is 12.3. The zero-order valence-corrected chi connectivity index (χ0v) is 15.9. The summed E-state index contributed by atoms with van der Waals surface area (Å²) in [5.74, 6) is 0.0785. The largest absolute Gasteiger partial charge is 0.356 e. The first kappa shape index (κ1) is 19.1. The van der Waals surface area contributed by atoms with E-state index in [2.05, 4.69) is 16.3 Å². The topological polar surface area (TPSA) is 49.4 Å². The molecule has 4 nitrogen and oxygen atoms in total. The minimum Gasteiger partial charge on any atom is -0.356 e. The lowest BCUT2D eigenvalue weighted by molar-refractivity contribution is -0.121. The Balaban J connectivity index is 1.31. The van der Waals surface area contributed by atoms with E-state index in [0.717, 1.165) is 31.4 Å². The highest BCUT2D eigenvalue weighted by molar-refractivity contribution is 5.98. The molecule has 0 bridgehead atoms. The number of benzene rings is 1. The van der Waals surface area contributed by atoms with Crippen LogP contribution in [0.15, 0.2) is 18.2 Å². The van der Waals surface area contributed by atoms with Gasteiger partial charge < -0.3 is 10.2 Å². The monoisotopic (exact) mass is 356 g/mol. The first-order valence-corrected chi connectivity index (χ1v) is 10.4. The molecule has 1 aromatic carbocycles. The number of aryl methyl sites for hydroxylation is 2. The summed E-state index contributed by atoms with van der Waals surface area (Å²) in [6.07, 6.45) is 10.3. The van der Waals surface area contributed by atoms with Gasteiger partial charge in [-0.3, -0.25) is 9.59 Å². The predicted octanol–water partition coefficient (Wildman–Crippen LogP) is 3.52. The molecule has 0 unspecified atom stereocenters. The minimum atomic E-state index is -0.00428. The quantitative estimate of drug-likeness (QED) is 0.573. The summed E-state index contributed by atoms with van der Waals surface area (Å²) in [5, 5.41) is 2.97. The number of Topliss-reactive ketones (excluding diaryl/α,β-unsaturated/α-hetero) is 1. The van der Waals surface area contributed by atoms with E-state index in [1.165, 1.54) is 56.3 Å². The third-order valence-corrected chi connectivity index (χ3v) is 5.67. The molecule has 1 aromatic rings. The van der Waals surface area contributed by atoms with E-state index in [0.29, 0.717) is 19.4 Å². The molecule has 2 aliphatic rings. The smallest absolute Gasteiger partial charge is 0.220 e. The van der Waals surface area contributed by atoms with E-state index in [1.807, 2.05) is 12.1 Å². The number of nitrogens with one attached hydrogen (secondary N) is 1. The van der Waals surface area contributed by atoms with Crippen molar-refractivity contribution in [3.05, 3.63) is 34.9 Å². The van der Waals surface area contributed by atoms with Crippen molar-refractivity contribution < 1.29 is 9.59 Å². The Labute approximate surface area is 157 Å². The third kappa shape index (κ3) is 5.66. The number of nitrogens with zero attached hydrogens (tertiary/aromatic N) is 1. The molecule has 1 aliphatic carbocycles. The average molecular weight is 357 g/mol. The van der Waals surface area contributed by atoms with Crippen LogP contribution in [-0.2, 0) is 17.6 Å². The number of hydrogen-bond donors (Lipinski definition) is 1. The number of rotatable bonds is 8. The molecule has 1 fully saturated rings. The highest BCUT2D eigenvalue weighted by Crippen LogP contribution is 2.23. The minimum absolute atomic E-state index is 0.00428. The number of carbonyl (C=O) groups is 2. The fourth-order valence-electron chi connectivity index (χ4n) is 4.10. The second-order valence-corrected chi connectivity index (χ2v) is 7.72. The summed E-state index contributed by atoms with van der Waals surface area (Å²) in [6, 6.07) is 6.04. The molecule has 3 rings (SSSR count). The van der Waals surface area contributed by atoms with Gasteiger partial charge in [-0.25, -0.2) is 0 Å².